The summed E-state index contributed by atoms with van der Waals surface area (Å²) in [5.74, 6) is 0.106. The van der Waals surface area contributed by atoms with Crippen LogP contribution in [0.1, 0.15) is 41.5 Å². The van der Waals surface area contributed by atoms with Crippen LogP contribution in [-0.2, 0) is 17.6 Å². The first-order valence-corrected chi connectivity index (χ1v) is 9.85. The first kappa shape index (κ1) is 18.2. The van der Waals surface area contributed by atoms with Crippen molar-refractivity contribution in [2.24, 2.45) is 0 Å². The summed E-state index contributed by atoms with van der Waals surface area (Å²) < 4.78 is 0. The average molecular weight is 368 g/mol. The van der Waals surface area contributed by atoms with Crippen LogP contribution in [0.3, 0.4) is 0 Å². The molecule has 1 N–H and O–H groups in total. The Balaban J connectivity index is 1.58. The molecule has 2 aromatic carbocycles. The molecule has 0 atom stereocenters. The Kier molecular flexibility index (Phi) is 5.62. The maximum atomic E-state index is 11.6. The number of hydrogen-bond acceptors (Lipinski definition) is 2. The van der Waals surface area contributed by atoms with E-state index in [1.54, 1.807) is 6.20 Å². The molecule has 3 nitrogen and oxygen atoms in total. The first-order chi connectivity index (χ1) is 13.8. The molecule has 4 rings (SSSR count). The molecule has 1 aliphatic rings. The third-order valence-electron chi connectivity index (χ3n) is 5.15. The Hall–Kier alpha value is -3.20. The van der Waals surface area contributed by atoms with E-state index >= 15 is 0 Å². The maximum absolute atomic E-state index is 11.6. The van der Waals surface area contributed by atoms with Gasteiger partial charge in [0.2, 0.25) is 5.91 Å². The van der Waals surface area contributed by atoms with Crippen LogP contribution in [-0.4, -0.2) is 10.9 Å². The molecule has 3 heteroatoms. The number of nitrogens with one attached hydrogen (secondary N) is 1. The van der Waals surface area contributed by atoms with E-state index in [9.17, 15) is 4.79 Å². The van der Waals surface area contributed by atoms with Crippen LogP contribution in [0.4, 0.5) is 5.69 Å². The monoisotopic (exact) mass is 368 g/mol. The number of carbonyl (C=O) groups excluding carboxylic acids is 1. The summed E-state index contributed by atoms with van der Waals surface area (Å²) in [7, 11) is 0. The second-order valence-electron chi connectivity index (χ2n) is 7.22. The minimum atomic E-state index is 0.106. The molecule has 1 aromatic heterocycles. The molecule has 1 aliphatic heterocycles. The highest BCUT2D eigenvalue weighted by molar-refractivity contribution is 5.94. The highest BCUT2D eigenvalue weighted by Crippen LogP contribution is 2.30. The summed E-state index contributed by atoms with van der Waals surface area (Å²) in [6.07, 6.45) is 10.4. The van der Waals surface area contributed by atoms with E-state index < -0.39 is 0 Å². The van der Waals surface area contributed by atoms with Crippen LogP contribution in [0.15, 0.2) is 73.1 Å². The van der Waals surface area contributed by atoms with Crippen LogP contribution < -0.4 is 5.32 Å². The second kappa shape index (κ2) is 8.66. The summed E-state index contributed by atoms with van der Waals surface area (Å²) in [4.78, 5) is 15.9. The highest BCUT2D eigenvalue weighted by atomic mass is 16.1. The minimum absolute atomic E-state index is 0.106. The first-order valence-electron chi connectivity index (χ1n) is 9.85. The third kappa shape index (κ3) is 4.55. The number of pyridine rings is 1. The van der Waals surface area contributed by atoms with E-state index in [1.807, 2.05) is 18.3 Å². The van der Waals surface area contributed by atoms with Gasteiger partial charge in [0, 0.05) is 24.5 Å². The molecule has 0 saturated heterocycles. The number of rotatable bonds is 6. The lowest BCUT2D eigenvalue weighted by atomic mass is 9.93. The van der Waals surface area contributed by atoms with Gasteiger partial charge in [-0.05, 0) is 77.8 Å². The predicted molar refractivity (Wildman–Crippen MR) is 115 cm³/mol. The fraction of sp³-hybridized carbons (Fsp3) is 0.200. The van der Waals surface area contributed by atoms with Crippen molar-refractivity contribution >= 4 is 23.2 Å². The number of anilines is 1. The maximum Gasteiger partial charge on any atom is 0.224 e. The van der Waals surface area contributed by atoms with Gasteiger partial charge in [-0.25, -0.2) is 0 Å². The second-order valence-corrected chi connectivity index (χ2v) is 7.22. The van der Waals surface area contributed by atoms with Crippen LogP contribution in [0, 0.1) is 0 Å². The molecule has 28 heavy (non-hydrogen) atoms. The zero-order valence-electron chi connectivity index (χ0n) is 15.9. The molecule has 2 heterocycles. The van der Waals surface area contributed by atoms with Crippen molar-refractivity contribution in [2.45, 2.75) is 32.1 Å². The molecule has 1 amide bonds. The summed E-state index contributed by atoms with van der Waals surface area (Å²) in [5, 5.41) is 2.97. The van der Waals surface area contributed by atoms with Gasteiger partial charge in [-0.2, -0.15) is 0 Å². The van der Waals surface area contributed by atoms with E-state index in [0.29, 0.717) is 6.42 Å². The topological polar surface area (TPSA) is 42.0 Å². The Labute approximate surface area is 166 Å². The number of aryl methyl sites for hydroxylation is 2. The van der Waals surface area contributed by atoms with Gasteiger partial charge in [0.25, 0.3) is 0 Å². The number of hydrogen-bond donors (Lipinski definition) is 1. The largest absolute Gasteiger partial charge is 0.326 e. The smallest absolute Gasteiger partial charge is 0.224 e. The van der Waals surface area contributed by atoms with Gasteiger partial charge in [0.05, 0.1) is 0 Å². The fourth-order valence-corrected chi connectivity index (χ4v) is 3.67. The molecule has 0 bridgehead atoms. The van der Waals surface area contributed by atoms with Gasteiger partial charge in [0.15, 0.2) is 0 Å². The van der Waals surface area contributed by atoms with Crippen LogP contribution in [0.5, 0.6) is 0 Å². The quantitative estimate of drug-likeness (QED) is 0.621. The minimum Gasteiger partial charge on any atom is -0.326 e. The summed E-state index contributed by atoms with van der Waals surface area (Å²) >= 11 is 0. The molecule has 0 fully saturated rings. The van der Waals surface area contributed by atoms with Gasteiger partial charge >= 0.3 is 0 Å². The Morgan fingerprint density at radius 1 is 1.04 bits per heavy atom. The number of allylic oxidation sites excluding steroid dienone is 1. The number of fused-ring (bicyclic) bond motifs is 1. The van der Waals surface area contributed by atoms with Gasteiger partial charge < -0.3 is 5.32 Å². The summed E-state index contributed by atoms with van der Waals surface area (Å²) in [6.45, 7) is 0. The molecule has 0 radical (unpaired) electrons. The number of aromatic nitrogens is 1. The van der Waals surface area contributed by atoms with Gasteiger partial charge in [-0.3, -0.25) is 9.78 Å². The van der Waals surface area contributed by atoms with Crippen LogP contribution in [0.25, 0.3) is 11.6 Å². The number of benzene rings is 2. The lowest BCUT2D eigenvalue weighted by Crippen LogP contribution is -2.18. The Morgan fingerprint density at radius 3 is 2.75 bits per heavy atom. The Morgan fingerprint density at radius 2 is 1.93 bits per heavy atom. The van der Waals surface area contributed by atoms with Gasteiger partial charge in [-0.15, -0.1) is 0 Å². The Bertz CT molecular complexity index is 978. The van der Waals surface area contributed by atoms with Crippen molar-refractivity contribution in [1.82, 2.24) is 4.98 Å². The molecule has 0 saturated carbocycles. The van der Waals surface area contributed by atoms with Gasteiger partial charge in [-0.1, -0.05) is 42.5 Å². The van der Waals surface area contributed by atoms with Crippen LogP contribution in [0.2, 0.25) is 0 Å². The molecule has 0 aliphatic carbocycles. The molecule has 3 aromatic rings. The molecule has 0 spiro atoms. The van der Waals surface area contributed by atoms with E-state index in [4.69, 9.17) is 0 Å². The fourth-order valence-electron chi connectivity index (χ4n) is 3.67. The number of amides is 1. The van der Waals surface area contributed by atoms with Crippen molar-refractivity contribution in [2.75, 3.05) is 5.32 Å². The van der Waals surface area contributed by atoms with Crippen LogP contribution >= 0.6 is 0 Å². The van der Waals surface area contributed by atoms with Crippen molar-refractivity contribution in [1.29, 1.82) is 0 Å². The van der Waals surface area contributed by atoms with E-state index in [-0.39, 0.29) is 5.91 Å². The standard InChI is InChI=1S/C25H24N2O/c28-25-14-12-23-17-22(11-13-24(23)27-25)21(16-20-9-5-15-26-18-20)10-4-8-19-6-2-1-3-7-19/h1-3,5-7,9,11,13,15-18H,4,8,10,12,14H2,(H,27,28). The highest BCUT2D eigenvalue weighted by Gasteiger charge is 2.15. The molecular weight excluding hydrogens is 344 g/mol. The molecule has 140 valence electrons. The zero-order valence-corrected chi connectivity index (χ0v) is 15.9. The van der Waals surface area contributed by atoms with Crippen molar-refractivity contribution in [3.8, 4) is 0 Å². The summed E-state index contributed by atoms with van der Waals surface area (Å²) in [6, 6.07) is 21.1. The average Bonchev–Trinajstić information content (AvgIpc) is 2.74. The van der Waals surface area contributed by atoms with E-state index in [1.165, 1.54) is 22.3 Å². The number of nitrogens with zero attached hydrogens (tertiary/aromatic N) is 1. The van der Waals surface area contributed by atoms with Crippen molar-refractivity contribution in [3.05, 3.63) is 95.3 Å². The van der Waals surface area contributed by atoms with E-state index in [0.717, 1.165) is 36.9 Å². The van der Waals surface area contributed by atoms with Crippen molar-refractivity contribution < 1.29 is 4.79 Å². The normalized spacial score (nSPS) is 13.7. The summed E-state index contributed by atoms with van der Waals surface area (Å²) in [5.41, 5.74) is 7.19. The van der Waals surface area contributed by atoms with Gasteiger partial charge in [0.1, 0.15) is 0 Å². The number of carbonyl (C=O) groups is 1. The lowest BCUT2D eigenvalue weighted by molar-refractivity contribution is -0.116. The zero-order chi connectivity index (χ0) is 19.2. The third-order valence-corrected chi connectivity index (χ3v) is 5.15. The predicted octanol–water partition coefficient (Wildman–Crippen LogP) is 5.53. The molecular formula is C25H24N2O. The SMILES string of the molecule is O=C1CCc2cc(C(=Cc3cccnc3)CCCc3ccccc3)ccc2N1. The van der Waals surface area contributed by atoms with Crippen molar-refractivity contribution in [3.63, 3.8) is 0 Å². The van der Waals surface area contributed by atoms with E-state index in [2.05, 4.69) is 64.9 Å². The molecule has 0 unspecified atom stereocenters. The lowest BCUT2D eigenvalue weighted by Gasteiger charge is -2.18.